The Morgan fingerprint density at radius 1 is 1.00 bits per heavy atom. The zero-order valence-electron chi connectivity index (χ0n) is 22.5. The van der Waals surface area contributed by atoms with Crippen LogP contribution >= 0.6 is 11.6 Å². The first-order valence-corrected chi connectivity index (χ1v) is 12.7. The smallest absolute Gasteiger partial charge is 0.416 e. The minimum absolute atomic E-state index is 0.00220. The van der Waals surface area contributed by atoms with E-state index in [4.69, 9.17) is 21.1 Å². The number of aromatic nitrogens is 2. The maximum absolute atomic E-state index is 13.5. The summed E-state index contributed by atoms with van der Waals surface area (Å²) in [6, 6.07) is 12.4. The van der Waals surface area contributed by atoms with Gasteiger partial charge in [-0.05, 0) is 36.4 Å². The van der Waals surface area contributed by atoms with Crippen LogP contribution in [0, 0.1) is 5.41 Å². The number of anilines is 1. The van der Waals surface area contributed by atoms with Crippen molar-refractivity contribution in [3.63, 3.8) is 0 Å². The molecule has 0 fully saturated rings. The molecule has 0 radical (unpaired) electrons. The second-order valence-electron chi connectivity index (χ2n) is 10.0. The molecule has 214 valence electrons. The predicted octanol–water partition coefficient (Wildman–Crippen LogP) is 7.02. The molecule has 3 aromatic carbocycles. The van der Waals surface area contributed by atoms with Crippen LogP contribution in [0.2, 0.25) is 5.02 Å². The number of nitrogens with zero attached hydrogens (tertiary/aromatic N) is 2. The summed E-state index contributed by atoms with van der Waals surface area (Å²) in [5.41, 5.74) is -0.346. The molecule has 1 heterocycles. The van der Waals surface area contributed by atoms with Gasteiger partial charge < -0.3 is 20.1 Å². The van der Waals surface area contributed by atoms with Gasteiger partial charge in [-0.1, -0.05) is 50.6 Å². The van der Waals surface area contributed by atoms with Crippen molar-refractivity contribution in [2.24, 2.45) is 5.41 Å². The van der Waals surface area contributed by atoms with Crippen molar-refractivity contribution in [3.8, 4) is 17.4 Å². The summed E-state index contributed by atoms with van der Waals surface area (Å²) in [7, 11) is 1.39. The number of para-hydroxylation sites is 1. The third kappa shape index (κ3) is 6.68. The van der Waals surface area contributed by atoms with Crippen LogP contribution in [0.5, 0.6) is 17.4 Å². The predicted molar refractivity (Wildman–Crippen MR) is 148 cm³/mol. The average Bonchev–Trinajstić information content (AvgIpc) is 2.91. The van der Waals surface area contributed by atoms with E-state index in [9.17, 15) is 22.8 Å². The lowest BCUT2D eigenvalue weighted by Gasteiger charge is -2.20. The zero-order chi connectivity index (χ0) is 29.9. The number of carbonyl (C=O) groups is 2. The molecule has 2 N–H and O–H groups in total. The standard InChI is InChI=1S/C29H26ClF3N4O4/c1-28(2,3)27(39)34-14-16-11-12-20(30)22(24(16)40-4)25(38)37-21-10-6-9-19-23(21)35-15-36-26(19)41-18-8-5-7-17(13-18)29(31,32)33/h5-13,15H,14H2,1-4H3,(H,34,39)(H,37,38). The molecule has 0 saturated carbocycles. The molecule has 12 heteroatoms. The summed E-state index contributed by atoms with van der Waals surface area (Å²) in [4.78, 5) is 34.2. The Hall–Kier alpha value is -4.38. The molecule has 0 aliphatic rings. The number of carbonyl (C=O) groups excluding carboxylic acids is 2. The number of ether oxygens (including phenoxy) is 2. The van der Waals surface area contributed by atoms with E-state index < -0.39 is 23.1 Å². The molecule has 0 saturated heterocycles. The minimum atomic E-state index is -4.54. The second kappa shape index (κ2) is 11.6. The quantitative estimate of drug-likeness (QED) is 0.241. The minimum Gasteiger partial charge on any atom is -0.496 e. The number of hydrogen-bond acceptors (Lipinski definition) is 6. The molecule has 0 bridgehead atoms. The van der Waals surface area contributed by atoms with Gasteiger partial charge in [-0.2, -0.15) is 13.2 Å². The first kappa shape index (κ1) is 29.6. The molecule has 4 aromatic rings. The monoisotopic (exact) mass is 586 g/mol. The lowest BCUT2D eigenvalue weighted by Crippen LogP contribution is -2.34. The Bertz CT molecular complexity index is 1620. The van der Waals surface area contributed by atoms with Gasteiger partial charge in [0.25, 0.3) is 5.91 Å². The first-order chi connectivity index (χ1) is 19.3. The lowest BCUT2D eigenvalue weighted by molar-refractivity contribution is -0.137. The molecule has 0 aliphatic carbocycles. The van der Waals surface area contributed by atoms with Crippen LogP contribution in [0.1, 0.15) is 42.3 Å². The summed E-state index contributed by atoms with van der Waals surface area (Å²) in [5.74, 6) is -0.673. The Kier molecular flexibility index (Phi) is 8.39. The van der Waals surface area contributed by atoms with E-state index in [0.29, 0.717) is 10.9 Å². The van der Waals surface area contributed by atoms with Crippen molar-refractivity contribution >= 4 is 40.0 Å². The van der Waals surface area contributed by atoms with Crippen LogP contribution in [-0.2, 0) is 17.5 Å². The Morgan fingerprint density at radius 2 is 1.73 bits per heavy atom. The fourth-order valence-electron chi connectivity index (χ4n) is 3.90. The maximum Gasteiger partial charge on any atom is 0.416 e. The summed E-state index contributed by atoms with van der Waals surface area (Å²) < 4.78 is 50.6. The molecule has 0 unspecified atom stereocenters. The molecule has 0 spiro atoms. The fraction of sp³-hybridized carbons (Fsp3) is 0.241. The van der Waals surface area contributed by atoms with E-state index in [1.165, 1.54) is 31.6 Å². The van der Waals surface area contributed by atoms with Crippen LogP contribution in [0.4, 0.5) is 18.9 Å². The normalized spacial score (nSPS) is 11.7. The van der Waals surface area contributed by atoms with Gasteiger partial charge in [0.1, 0.15) is 28.9 Å². The summed E-state index contributed by atoms with van der Waals surface area (Å²) >= 11 is 6.40. The Balaban J connectivity index is 1.64. The van der Waals surface area contributed by atoms with Gasteiger partial charge in [-0.25, -0.2) is 9.97 Å². The number of amides is 2. The SMILES string of the molecule is COc1c(CNC(=O)C(C)(C)C)ccc(Cl)c1C(=O)Nc1cccc2c(Oc3cccc(C(F)(F)F)c3)ncnc12. The largest absolute Gasteiger partial charge is 0.496 e. The highest BCUT2D eigenvalue weighted by atomic mass is 35.5. The number of alkyl halides is 3. The zero-order valence-corrected chi connectivity index (χ0v) is 23.3. The summed E-state index contributed by atoms with van der Waals surface area (Å²) in [6.07, 6.45) is -3.37. The number of nitrogens with one attached hydrogen (secondary N) is 2. The van der Waals surface area contributed by atoms with Gasteiger partial charge in [0.05, 0.1) is 28.8 Å². The maximum atomic E-state index is 13.5. The molecule has 4 rings (SSSR count). The van der Waals surface area contributed by atoms with E-state index in [1.54, 1.807) is 45.0 Å². The van der Waals surface area contributed by atoms with E-state index in [-0.39, 0.29) is 51.6 Å². The number of benzene rings is 3. The van der Waals surface area contributed by atoms with Gasteiger partial charge in [-0.15, -0.1) is 0 Å². The van der Waals surface area contributed by atoms with Crippen molar-refractivity contribution in [2.75, 3.05) is 12.4 Å². The number of methoxy groups -OCH3 is 1. The molecule has 2 amide bonds. The van der Waals surface area contributed by atoms with Gasteiger partial charge in [0.2, 0.25) is 11.8 Å². The lowest BCUT2D eigenvalue weighted by atomic mass is 9.95. The van der Waals surface area contributed by atoms with Crippen LogP contribution < -0.4 is 20.1 Å². The highest BCUT2D eigenvalue weighted by Crippen LogP contribution is 2.36. The molecular formula is C29H26ClF3N4O4. The van der Waals surface area contributed by atoms with Crippen molar-refractivity contribution in [3.05, 3.63) is 82.6 Å². The van der Waals surface area contributed by atoms with Crippen LogP contribution in [-0.4, -0.2) is 28.9 Å². The third-order valence-corrected chi connectivity index (χ3v) is 6.31. The fourth-order valence-corrected chi connectivity index (χ4v) is 4.14. The van der Waals surface area contributed by atoms with Gasteiger partial charge in [-0.3, -0.25) is 9.59 Å². The van der Waals surface area contributed by atoms with E-state index in [0.717, 1.165) is 12.1 Å². The number of halogens is 4. The van der Waals surface area contributed by atoms with Crippen molar-refractivity contribution in [1.29, 1.82) is 0 Å². The second-order valence-corrected chi connectivity index (χ2v) is 10.4. The van der Waals surface area contributed by atoms with Crippen molar-refractivity contribution in [2.45, 2.75) is 33.5 Å². The van der Waals surface area contributed by atoms with E-state index in [1.807, 2.05) is 0 Å². The summed E-state index contributed by atoms with van der Waals surface area (Å²) in [5, 5.41) is 6.06. The molecule has 41 heavy (non-hydrogen) atoms. The highest BCUT2D eigenvalue weighted by Gasteiger charge is 2.31. The van der Waals surface area contributed by atoms with Crippen molar-refractivity contribution in [1.82, 2.24) is 15.3 Å². The van der Waals surface area contributed by atoms with Gasteiger partial charge in [0.15, 0.2) is 0 Å². The Labute approximate surface area is 238 Å². The van der Waals surface area contributed by atoms with Crippen molar-refractivity contribution < 1.29 is 32.2 Å². The first-order valence-electron chi connectivity index (χ1n) is 12.3. The molecular weight excluding hydrogens is 561 g/mol. The summed E-state index contributed by atoms with van der Waals surface area (Å²) in [6.45, 7) is 5.45. The highest BCUT2D eigenvalue weighted by molar-refractivity contribution is 6.35. The molecule has 0 atom stereocenters. The number of fused-ring (bicyclic) bond motifs is 1. The third-order valence-electron chi connectivity index (χ3n) is 5.99. The Morgan fingerprint density at radius 3 is 2.41 bits per heavy atom. The van der Waals surface area contributed by atoms with Crippen LogP contribution in [0.25, 0.3) is 10.9 Å². The van der Waals surface area contributed by atoms with Crippen LogP contribution in [0.3, 0.4) is 0 Å². The average molecular weight is 587 g/mol. The molecule has 8 nitrogen and oxygen atoms in total. The topological polar surface area (TPSA) is 102 Å². The number of hydrogen-bond donors (Lipinski definition) is 2. The number of rotatable bonds is 7. The molecule has 1 aromatic heterocycles. The molecule has 0 aliphatic heterocycles. The van der Waals surface area contributed by atoms with E-state index >= 15 is 0 Å². The van der Waals surface area contributed by atoms with Gasteiger partial charge in [0, 0.05) is 17.5 Å². The van der Waals surface area contributed by atoms with E-state index in [2.05, 4.69) is 20.6 Å². The van der Waals surface area contributed by atoms with Gasteiger partial charge >= 0.3 is 6.18 Å². The van der Waals surface area contributed by atoms with Crippen LogP contribution in [0.15, 0.2) is 60.9 Å².